The van der Waals surface area contributed by atoms with Gasteiger partial charge in [0, 0.05) is 5.02 Å². The SMILES string of the molecule is CC(O)/C=C/c1cccc(-c2ccc(Cl)cc2)c1. The molecule has 0 spiro atoms. The second-order valence-electron chi connectivity index (χ2n) is 4.23. The van der Waals surface area contributed by atoms with Crippen LogP contribution in [0.15, 0.2) is 54.6 Å². The Morgan fingerprint density at radius 3 is 2.44 bits per heavy atom. The van der Waals surface area contributed by atoms with E-state index in [1.807, 2.05) is 42.5 Å². The molecule has 92 valence electrons. The molecule has 0 amide bonds. The first-order valence-electron chi connectivity index (χ1n) is 5.87. The van der Waals surface area contributed by atoms with Crippen LogP contribution in [0, 0.1) is 0 Å². The first kappa shape index (κ1) is 12.9. The molecule has 2 heteroatoms. The molecule has 0 aliphatic heterocycles. The fourth-order valence-electron chi connectivity index (χ4n) is 1.71. The predicted molar refractivity (Wildman–Crippen MR) is 77.6 cm³/mol. The first-order chi connectivity index (χ1) is 8.65. The summed E-state index contributed by atoms with van der Waals surface area (Å²) >= 11 is 5.88. The van der Waals surface area contributed by atoms with Gasteiger partial charge in [-0.05, 0) is 41.8 Å². The summed E-state index contributed by atoms with van der Waals surface area (Å²) in [6.45, 7) is 1.74. The van der Waals surface area contributed by atoms with Crippen molar-refractivity contribution in [3.63, 3.8) is 0 Å². The summed E-state index contributed by atoms with van der Waals surface area (Å²) in [5, 5.41) is 9.97. The van der Waals surface area contributed by atoms with Gasteiger partial charge in [0.25, 0.3) is 0 Å². The highest BCUT2D eigenvalue weighted by Gasteiger charge is 1.98. The molecule has 1 N–H and O–H groups in total. The Bertz CT molecular complexity index is 541. The number of benzene rings is 2. The Balaban J connectivity index is 2.29. The van der Waals surface area contributed by atoms with E-state index in [1.54, 1.807) is 13.0 Å². The van der Waals surface area contributed by atoms with Crippen LogP contribution in [0.25, 0.3) is 17.2 Å². The van der Waals surface area contributed by atoms with Gasteiger partial charge in [-0.1, -0.05) is 54.1 Å². The lowest BCUT2D eigenvalue weighted by atomic mass is 10.0. The van der Waals surface area contributed by atoms with E-state index in [0.29, 0.717) is 0 Å². The Kier molecular flexibility index (Phi) is 4.19. The number of aliphatic hydroxyl groups excluding tert-OH is 1. The molecule has 0 aromatic heterocycles. The summed E-state index contributed by atoms with van der Waals surface area (Å²) in [4.78, 5) is 0. The summed E-state index contributed by atoms with van der Waals surface area (Å²) in [5.41, 5.74) is 3.34. The zero-order chi connectivity index (χ0) is 13.0. The minimum Gasteiger partial charge on any atom is -0.389 e. The lowest BCUT2D eigenvalue weighted by Gasteiger charge is -2.03. The summed E-state index contributed by atoms with van der Waals surface area (Å²) in [6.07, 6.45) is 3.26. The quantitative estimate of drug-likeness (QED) is 0.865. The van der Waals surface area contributed by atoms with E-state index in [9.17, 15) is 5.11 Å². The highest BCUT2D eigenvalue weighted by molar-refractivity contribution is 6.30. The minimum absolute atomic E-state index is 0.427. The first-order valence-corrected chi connectivity index (χ1v) is 6.25. The van der Waals surface area contributed by atoms with Crippen molar-refractivity contribution in [2.24, 2.45) is 0 Å². The molecule has 1 unspecified atom stereocenters. The van der Waals surface area contributed by atoms with Crippen molar-refractivity contribution in [2.45, 2.75) is 13.0 Å². The van der Waals surface area contributed by atoms with Gasteiger partial charge in [-0.25, -0.2) is 0 Å². The maximum absolute atomic E-state index is 9.23. The van der Waals surface area contributed by atoms with E-state index in [2.05, 4.69) is 12.1 Å². The van der Waals surface area contributed by atoms with Crippen LogP contribution in [-0.2, 0) is 0 Å². The average Bonchev–Trinajstić information content (AvgIpc) is 2.37. The van der Waals surface area contributed by atoms with Crippen molar-refractivity contribution < 1.29 is 5.11 Å². The van der Waals surface area contributed by atoms with Crippen LogP contribution in [0.3, 0.4) is 0 Å². The number of halogens is 1. The zero-order valence-electron chi connectivity index (χ0n) is 10.2. The van der Waals surface area contributed by atoms with Gasteiger partial charge in [-0.15, -0.1) is 0 Å². The highest BCUT2D eigenvalue weighted by Crippen LogP contribution is 2.22. The van der Waals surface area contributed by atoms with Crippen molar-refractivity contribution in [1.29, 1.82) is 0 Å². The van der Waals surface area contributed by atoms with E-state index in [0.717, 1.165) is 21.7 Å². The van der Waals surface area contributed by atoms with Gasteiger partial charge in [-0.3, -0.25) is 0 Å². The smallest absolute Gasteiger partial charge is 0.0696 e. The molecule has 2 aromatic rings. The van der Waals surface area contributed by atoms with Gasteiger partial charge in [0.1, 0.15) is 0 Å². The molecule has 0 aliphatic carbocycles. The summed E-state index contributed by atoms with van der Waals surface area (Å²) < 4.78 is 0. The third-order valence-corrected chi connectivity index (χ3v) is 2.88. The van der Waals surface area contributed by atoms with Crippen molar-refractivity contribution in [3.8, 4) is 11.1 Å². The fourth-order valence-corrected chi connectivity index (χ4v) is 1.84. The molecule has 0 fully saturated rings. The molecule has 0 aliphatic rings. The van der Waals surface area contributed by atoms with E-state index in [1.165, 1.54) is 0 Å². The Morgan fingerprint density at radius 1 is 1.06 bits per heavy atom. The summed E-state index contributed by atoms with van der Waals surface area (Å²) in [5.74, 6) is 0. The van der Waals surface area contributed by atoms with Crippen LogP contribution in [0.1, 0.15) is 12.5 Å². The van der Waals surface area contributed by atoms with Crippen molar-refractivity contribution in [2.75, 3.05) is 0 Å². The third-order valence-electron chi connectivity index (χ3n) is 2.63. The highest BCUT2D eigenvalue weighted by atomic mass is 35.5. The predicted octanol–water partition coefficient (Wildman–Crippen LogP) is 4.40. The largest absolute Gasteiger partial charge is 0.389 e. The van der Waals surface area contributed by atoms with E-state index < -0.39 is 6.10 Å². The van der Waals surface area contributed by atoms with Crippen LogP contribution >= 0.6 is 11.6 Å². The van der Waals surface area contributed by atoms with Crippen LogP contribution in [0.2, 0.25) is 5.02 Å². The maximum atomic E-state index is 9.23. The van der Waals surface area contributed by atoms with Crippen molar-refractivity contribution in [1.82, 2.24) is 0 Å². The Morgan fingerprint density at radius 2 is 1.78 bits per heavy atom. The Hall–Kier alpha value is -1.57. The van der Waals surface area contributed by atoms with Gasteiger partial charge >= 0.3 is 0 Å². The zero-order valence-corrected chi connectivity index (χ0v) is 10.9. The van der Waals surface area contributed by atoms with Crippen LogP contribution in [-0.4, -0.2) is 11.2 Å². The maximum Gasteiger partial charge on any atom is 0.0696 e. The lowest BCUT2D eigenvalue weighted by molar-refractivity contribution is 0.245. The molecule has 2 rings (SSSR count). The molecule has 18 heavy (non-hydrogen) atoms. The van der Waals surface area contributed by atoms with E-state index in [-0.39, 0.29) is 0 Å². The molecule has 0 saturated carbocycles. The fraction of sp³-hybridized carbons (Fsp3) is 0.125. The number of hydrogen-bond acceptors (Lipinski definition) is 1. The molecule has 1 nitrogen and oxygen atoms in total. The second kappa shape index (κ2) is 5.85. The molecule has 0 radical (unpaired) electrons. The molecular formula is C16H15ClO. The van der Waals surface area contributed by atoms with Crippen LogP contribution in [0.5, 0.6) is 0 Å². The molecule has 2 aromatic carbocycles. The van der Waals surface area contributed by atoms with Crippen LogP contribution < -0.4 is 0 Å². The average molecular weight is 259 g/mol. The van der Waals surface area contributed by atoms with Crippen molar-refractivity contribution in [3.05, 3.63) is 65.2 Å². The van der Waals surface area contributed by atoms with E-state index in [4.69, 9.17) is 11.6 Å². The number of aliphatic hydroxyl groups is 1. The second-order valence-corrected chi connectivity index (χ2v) is 4.67. The van der Waals surface area contributed by atoms with Gasteiger partial charge in [0.15, 0.2) is 0 Å². The lowest BCUT2D eigenvalue weighted by Crippen LogP contribution is -1.91. The van der Waals surface area contributed by atoms with Crippen LogP contribution in [0.4, 0.5) is 0 Å². The Labute approximate surface area is 112 Å². The molecule has 0 saturated heterocycles. The molecule has 0 heterocycles. The topological polar surface area (TPSA) is 20.2 Å². The van der Waals surface area contributed by atoms with Gasteiger partial charge in [0.05, 0.1) is 6.10 Å². The van der Waals surface area contributed by atoms with Gasteiger partial charge < -0.3 is 5.11 Å². The third kappa shape index (κ3) is 3.46. The molecule has 1 atom stereocenters. The minimum atomic E-state index is -0.427. The molecular weight excluding hydrogens is 244 g/mol. The standard InChI is InChI=1S/C16H15ClO/c1-12(18)5-6-13-3-2-4-15(11-13)14-7-9-16(17)10-8-14/h2-12,18H,1H3/b6-5+. The summed E-state index contributed by atoms with van der Waals surface area (Å²) in [7, 11) is 0. The number of hydrogen-bond donors (Lipinski definition) is 1. The van der Waals surface area contributed by atoms with Gasteiger partial charge in [0.2, 0.25) is 0 Å². The van der Waals surface area contributed by atoms with Gasteiger partial charge in [-0.2, -0.15) is 0 Å². The summed E-state index contributed by atoms with van der Waals surface area (Å²) in [6, 6.07) is 15.9. The monoisotopic (exact) mass is 258 g/mol. The molecule has 0 bridgehead atoms. The normalized spacial score (nSPS) is 12.8. The van der Waals surface area contributed by atoms with E-state index >= 15 is 0 Å². The van der Waals surface area contributed by atoms with Crippen molar-refractivity contribution >= 4 is 17.7 Å². The number of rotatable bonds is 3.